The van der Waals surface area contributed by atoms with Gasteiger partial charge in [0, 0.05) is 10.1 Å². The summed E-state index contributed by atoms with van der Waals surface area (Å²) in [7, 11) is 2.17. The van der Waals surface area contributed by atoms with E-state index < -0.39 is 0 Å². The van der Waals surface area contributed by atoms with E-state index in [1.807, 2.05) is 23.9 Å². The minimum absolute atomic E-state index is 0.258. The number of urea groups is 1. The monoisotopic (exact) mass is 262 g/mol. The van der Waals surface area contributed by atoms with E-state index in [-0.39, 0.29) is 6.03 Å². The number of thioether (sulfide) groups is 1. The normalized spacial score (nSPS) is 20.4. The van der Waals surface area contributed by atoms with Crippen molar-refractivity contribution in [2.45, 2.75) is 23.0 Å². The summed E-state index contributed by atoms with van der Waals surface area (Å²) in [4.78, 5) is 14.7. The van der Waals surface area contributed by atoms with E-state index >= 15 is 0 Å². The van der Waals surface area contributed by atoms with Gasteiger partial charge in [-0.15, -0.1) is 11.8 Å². The number of fused-ring (bicyclic) bond motifs is 1. The summed E-state index contributed by atoms with van der Waals surface area (Å²) in [5.74, 6) is 0. The molecule has 0 aromatic heterocycles. The molecule has 1 N–H and O–H groups in total. The van der Waals surface area contributed by atoms with Gasteiger partial charge in [0.1, 0.15) is 0 Å². The van der Waals surface area contributed by atoms with Gasteiger partial charge in [0.2, 0.25) is 0 Å². The Balaban J connectivity index is 1.67. The predicted octanol–water partition coefficient (Wildman–Crippen LogP) is 2.65. The van der Waals surface area contributed by atoms with Crippen LogP contribution in [0.4, 0.5) is 16.2 Å². The van der Waals surface area contributed by atoms with E-state index in [0.717, 1.165) is 11.4 Å². The fraction of sp³-hybridized carbons (Fsp3) is 0.462. The maximum Gasteiger partial charge on any atom is 0.346 e. The topological polar surface area (TPSA) is 46.4 Å². The Morgan fingerprint density at radius 2 is 2.17 bits per heavy atom. The number of hydrogen-bond acceptors (Lipinski definition) is 3. The fourth-order valence-electron chi connectivity index (χ4n) is 2.33. The molecule has 1 radical (unpaired) electrons. The summed E-state index contributed by atoms with van der Waals surface area (Å²) in [6.07, 6.45) is 2.46. The van der Waals surface area contributed by atoms with Crippen molar-refractivity contribution in [1.82, 2.24) is 10.2 Å². The molecule has 0 unspecified atom stereocenters. The number of carbonyl (C=O) groups excluding carboxylic acids is 1. The second-order valence-corrected chi connectivity index (χ2v) is 6.22. The highest BCUT2D eigenvalue weighted by atomic mass is 32.2. The van der Waals surface area contributed by atoms with Gasteiger partial charge in [0.15, 0.2) is 0 Å². The van der Waals surface area contributed by atoms with E-state index in [4.69, 9.17) is 0 Å². The molecule has 18 heavy (non-hydrogen) atoms. The van der Waals surface area contributed by atoms with Crippen LogP contribution in [0.5, 0.6) is 0 Å². The van der Waals surface area contributed by atoms with Crippen LogP contribution < -0.4 is 10.6 Å². The van der Waals surface area contributed by atoms with Crippen molar-refractivity contribution in [3.8, 4) is 0 Å². The first-order valence-electron chi connectivity index (χ1n) is 6.23. The summed E-state index contributed by atoms with van der Waals surface area (Å²) in [6.45, 7) is 2.35. The molecule has 5 heteroatoms. The lowest BCUT2D eigenvalue weighted by atomic mass is 10.1. The minimum atomic E-state index is -0.258. The number of piperidine rings is 1. The molecule has 1 aromatic rings. The van der Waals surface area contributed by atoms with E-state index in [9.17, 15) is 4.79 Å². The Labute approximate surface area is 111 Å². The Bertz CT molecular complexity index is 469. The molecule has 1 aromatic carbocycles. The molecule has 2 aliphatic heterocycles. The minimum Gasteiger partial charge on any atom is -0.306 e. The van der Waals surface area contributed by atoms with Gasteiger partial charge in [-0.2, -0.15) is 5.32 Å². The van der Waals surface area contributed by atoms with Gasteiger partial charge in [-0.1, -0.05) is 0 Å². The summed E-state index contributed by atoms with van der Waals surface area (Å²) in [5, 5.41) is 7.34. The number of nitrogens with zero attached hydrogens (tertiary/aromatic N) is 2. The molecule has 2 heterocycles. The third kappa shape index (κ3) is 2.47. The maximum atomic E-state index is 11.1. The molecule has 3 rings (SSSR count). The first kappa shape index (κ1) is 11.9. The quantitative estimate of drug-likeness (QED) is 0.891. The van der Waals surface area contributed by atoms with Crippen molar-refractivity contribution < 1.29 is 4.79 Å². The Hall–Kier alpha value is -1.20. The number of carbonyl (C=O) groups is 1. The van der Waals surface area contributed by atoms with Gasteiger partial charge in [-0.05, 0) is 51.2 Å². The van der Waals surface area contributed by atoms with Crippen LogP contribution in [0.2, 0.25) is 0 Å². The predicted molar refractivity (Wildman–Crippen MR) is 73.6 cm³/mol. The molecule has 2 amide bonds. The third-order valence-electron chi connectivity index (χ3n) is 3.40. The van der Waals surface area contributed by atoms with Crippen molar-refractivity contribution >= 4 is 29.2 Å². The van der Waals surface area contributed by atoms with Gasteiger partial charge in [0.25, 0.3) is 0 Å². The van der Waals surface area contributed by atoms with Crippen LogP contribution in [0.25, 0.3) is 0 Å². The summed E-state index contributed by atoms with van der Waals surface area (Å²) in [5.41, 5.74) is 1.60. The summed E-state index contributed by atoms with van der Waals surface area (Å²) in [6, 6.07) is 5.77. The Kier molecular flexibility index (Phi) is 3.18. The van der Waals surface area contributed by atoms with Crippen molar-refractivity contribution in [1.29, 1.82) is 0 Å². The molecule has 1 fully saturated rings. The SMILES string of the molecule is CN1CCC(Sc2ccc3c(c2)[N]C(=O)N3)CC1. The molecule has 95 valence electrons. The van der Waals surface area contributed by atoms with Crippen LogP contribution in [-0.4, -0.2) is 36.3 Å². The van der Waals surface area contributed by atoms with Gasteiger partial charge in [0.05, 0.1) is 11.4 Å². The van der Waals surface area contributed by atoms with Gasteiger partial charge < -0.3 is 10.2 Å². The van der Waals surface area contributed by atoms with E-state index in [2.05, 4.69) is 28.6 Å². The molecule has 4 nitrogen and oxygen atoms in total. The van der Waals surface area contributed by atoms with Crippen LogP contribution in [0.1, 0.15) is 12.8 Å². The zero-order chi connectivity index (χ0) is 12.5. The van der Waals surface area contributed by atoms with Crippen molar-refractivity contribution in [2.75, 3.05) is 25.5 Å². The zero-order valence-corrected chi connectivity index (χ0v) is 11.2. The summed E-state index contributed by atoms with van der Waals surface area (Å²) >= 11 is 1.91. The maximum absolute atomic E-state index is 11.1. The molecule has 0 aliphatic carbocycles. The van der Waals surface area contributed by atoms with Crippen molar-refractivity contribution in [3.63, 3.8) is 0 Å². The number of amides is 2. The number of anilines is 1. The highest BCUT2D eigenvalue weighted by Crippen LogP contribution is 2.35. The average Bonchev–Trinajstić information content (AvgIpc) is 2.71. The standard InChI is InChI=1S/C13H16N3OS/c1-16-6-4-9(5-7-16)18-10-2-3-11-12(8-10)15-13(17)14-11/h2-3,8-9H,4-7H2,1H3,(H,14,17). The van der Waals surface area contributed by atoms with E-state index in [1.165, 1.54) is 30.8 Å². The second kappa shape index (κ2) is 4.82. The Morgan fingerprint density at radius 3 is 2.94 bits per heavy atom. The highest BCUT2D eigenvalue weighted by molar-refractivity contribution is 8.00. The van der Waals surface area contributed by atoms with Gasteiger partial charge in [-0.25, -0.2) is 4.79 Å². The summed E-state index contributed by atoms with van der Waals surface area (Å²) < 4.78 is 0. The van der Waals surface area contributed by atoms with Gasteiger partial charge >= 0.3 is 6.03 Å². The molecule has 0 bridgehead atoms. The fourth-order valence-corrected chi connectivity index (χ4v) is 3.49. The van der Waals surface area contributed by atoms with Crippen LogP contribution in [-0.2, 0) is 0 Å². The van der Waals surface area contributed by atoms with Crippen LogP contribution in [0.15, 0.2) is 23.1 Å². The first-order valence-corrected chi connectivity index (χ1v) is 7.11. The molecule has 0 saturated carbocycles. The number of hydrogen-bond donors (Lipinski definition) is 1. The van der Waals surface area contributed by atoms with Crippen LogP contribution in [0, 0.1) is 0 Å². The van der Waals surface area contributed by atoms with Crippen molar-refractivity contribution in [2.24, 2.45) is 0 Å². The molecule has 1 saturated heterocycles. The van der Waals surface area contributed by atoms with Crippen LogP contribution >= 0.6 is 11.8 Å². The smallest absolute Gasteiger partial charge is 0.306 e. The lowest BCUT2D eigenvalue weighted by molar-refractivity contribution is 0.256. The van der Waals surface area contributed by atoms with E-state index in [1.54, 1.807) is 0 Å². The number of nitrogens with one attached hydrogen (secondary N) is 1. The zero-order valence-electron chi connectivity index (χ0n) is 10.3. The average molecular weight is 262 g/mol. The molecule has 0 spiro atoms. The lowest BCUT2D eigenvalue weighted by Crippen LogP contribution is -2.31. The number of rotatable bonds is 2. The molecule has 0 atom stereocenters. The first-order chi connectivity index (χ1) is 8.70. The molecular weight excluding hydrogens is 246 g/mol. The largest absolute Gasteiger partial charge is 0.346 e. The lowest BCUT2D eigenvalue weighted by Gasteiger charge is -2.28. The number of benzene rings is 1. The van der Waals surface area contributed by atoms with Crippen LogP contribution in [0.3, 0.4) is 0 Å². The number of likely N-dealkylation sites (tertiary alicyclic amines) is 1. The van der Waals surface area contributed by atoms with Gasteiger partial charge in [-0.3, -0.25) is 0 Å². The third-order valence-corrected chi connectivity index (χ3v) is 4.73. The molecular formula is C13H16N3OS. The highest BCUT2D eigenvalue weighted by Gasteiger charge is 2.21. The second-order valence-electron chi connectivity index (χ2n) is 4.84. The van der Waals surface area contributed by atoms with E-state index in [0.29, 0.717) is 5.25 Å². The molecule has 2 aliphatic rings. The Morgan fingerprint density at radius 1 is 1.39 bits per heavy atom. The van der Waals surface area contributed by atoms with Crippen molar-refractivity contribution in [3.05, 3.63) is 18.2 Å².